The summed E-state index contributed by atoms with van der Waals surface area (Å²) in [5.41, 5.74) is 1.58. The van der Waals surface area contributed by atoms with Gasteiger partial charge in [0.2, 0.25) is 5.13 Å². The smallest absolute Gasteiger partial charge is 0.261 e. The average molecular weight is 388 g/mol. The van der Waals surface area contributed by atoms with Gasteiger partial charge in [0.1, 0.15) is 10.8 Å². The number of benzene rings is 2. The molecule has 0 aliphatic heterocycles. The molecule has 7 heteroatoms. The van der Waals surface area contributed by atoms with E-state index in [9.17, 15) is 4.79 Å². The third-order valence-electron chi connectivity index (χ3n) is 3.98. The van der Waals surface area contributed by atoms with Crippen LogP contribution in [0.5, 0.6) is 5.75 Å². The lowest BCUT2D eigenvalue weighted by Gasteiger charge is -2.11. The van der Waals surface area contributed by atoms with E-state index in [1.165, 1.54) is 24.0 Å². The van der Waals surface area contributed by atoms with Crippen LogP contribution in [-0.4, -0.2) is 23.2 Å². The van der Waals surface area contributed by atoms with Gasteiger partial charge in [-0.3, -0.25) is 10.1 Å². The molecule has 1 amide bonds. The van der Waals surface area contributed by atoms with Crippen LogP contribution in [0.25, 0.3) is 0 Å². The fourth-order valence-electron chi connectivity index (χ4n) is 2.68. The molecule has 0 radical (unpaired) electrons. The Kier molecular flexibility index (Phi) is 5.85. The molecular weight excluding hydrogens is 370 g/mol. The zero-order valence-electron chi connectivity index (χ0n) is 14.4. The van der Waals surface area contributed by atoms with Crippen molar-refractivity contribution in [3.63, 3.8) is 0 Å². The Morgan fingerprint density at radius 1 is 1.23 bits per heavy atom. The van der Waals surface area contributed by atoms with Crippen LogP contribution in [-0.2, 0) is 0 Å². The number of carbonyl (C=O) groups is 1. The van der Waals surface area contributed by atoms with Gasteiger partial charge in [0.15, 0.2) is 0 Å². The van der Waals surface area contributed by atoms with Crippen LogP contribution in [0.3, 0.4) is 0 Å². The molecular formula is C19H18ClN3O2S. The molecule has 3 aromatic rings. The van der Waals surface area contributed by atoms with Gasteiger partial charge < -0.3 is 4.74 Å². The predicted octanol–water partition coefficient (Wildman–Crippen LogP) is 4.99. The largest absolute Gasteiger partial charge is 0.496 e. The van der Waals surface area contributed by atoms with Crippen molar-refractivity contribution in [3.8, 4) is 5.75 Å². The lowest BCUT2D eigenvalue weighted by atomic mass is 9.97. The minimum Gasteiger partial charge on any atom is -0.496 e. The first-order chi connectivity index (χ1) is 12.6. The first kappa shape index (κ1) is 18.4. The number of carbonyl (C=O) groups excluding carboxylic acids is 1. The van der Waals surface area contributed by atoms with Crippen LogP contribution in [0.4, 0.5) is 5.13 Å². The number of hydrogen-bond acceptors (Lipinski definition) is 5. The number of methoxy groups -OCH3 is 1. The summed E-state index contributed by atoms with van der Waals surface area (Å²) in [4.78, 5) is 12.5. The molecule has 1 unspecified atom stereocenters. The van der Waals surface area contributed by atoms with Gasteiger partial charge in [-0.2, -0.15) is 0 Å². The highest BCUT2D eigenvalue weighted by atomic mass is 35.5. The number of ether oxygens (including phenoxy) is 1. The van der Waals surface area contributed by atoms with Gasteiger partial charge in [-0.05, 0) is 30.2 Å². The zero-order chi connectivity index (χ0) is 18.5. The Hall–Kier alpha value is -2.44. The number of aromatic nitrogens is 2. The summed E-state index contributed by atoms with van der Waals surface area (Å²) in [6.45, 7) is 2.11. The van der Waals surface area contributed by atoms with Crippen molar-refractivity contribution in [3.05, 3.63) is 69.7 Å². The number of nitrogens with zero attached hydrogens (tertiary/aromatic N) is 2. The molecule has 0 aliphatic carbocycles. The predicted molar refractivity (Wildman–Crippen MR) is 104 cm³/mol. The molecule has 0 saturated heterocycles. The lowest BCUT2D eigenvalue weighted by molar-refractivity contribution is 0.102. The Labute approximate surface area is 161 Å². The lowest BCUT2D eigenvalue weighted by Crippen LogP contribution is -2.13. The topological polar surface area (TPSA) is 64.1 Å². The van der Waals surface area contributed by atoms with Crippen molar-refractivity contribution in [2.45, 2.75) is 19.3 Å². The van der Waals surface area contributed by atoms with Crippen LogP contribution in [0.1, 0.15) is 40.2 Å². The molecule has 0 fully saturated rings. The van der Waals surface area contributed by atoms with E-state index in [-0.39, 0.29) is 11.8 Å². The highest BCUT2D eigenvalue weighted by Gasteiger charge is 2.19. The summed E-state index contributed by atoms with van der Waals surface area (Å²) in [6.07, 6.45) is 0.900. The summed E-state index contributed by atoms with van der Waals surface area (Å²) in [5, 5.41) is 13.0. The van der Waals surface area contributed by atoms with Gasteiger partial charge in [0.25, 0.3) is 5.91 Å². The molecule has 1 atom stereocenters. The van der Waals surface area contributed by atoms with Gasteiger partial charge in [-0.15, -0.1) is 10.2 Å². The van der Waals surface area contributed by atoms with Crippen LogP contribution >= 0.6 is 22.9 Å². The van der Waals surface area contributed by atoms with Crippen LogP contribution in [0, 0.1) is 0 Å². The fraction of sp³-hybridized carbons (Fsp3) is 0.211. The van der Waals surface area contributed by atoms with E-state index in [1.54, 1.807) is 18.2 Å². The van der Waals surface area contributed by atoms with Crippen LogP contribution in [0.2, 0.25) is 5.02 Å². The van der Waals surface area contributed by atoms with Crippen molar-refractivity contribution in [2.24, 2.45) is 0 Å². The van der Waals surface area contributed by atoms with Gasteiger partial charge in [0, 0.05) is 10.9 Å². The first-order valence-corrected chi connectivity index (χ1v) is 9.35. The van der Waals surface area contributed by atoms with E-state index in [4.69, 9.17) is 16.3 Å². The third-order valence-corrected chi connectivity index (χ3v) is 5.17. The summed E-state index contributed by atoms with van der Waals surface area (Å²) in [5.74, 6) is 0.258. The molecule has 2 aromatic carbocycles. The quantitative estimate of drug-likeness (QED) is 0.646. The molecule has 0 saturated carbocycles. The molecule has 1 heterocycles. The second-order valence-electron chi connectivity index (χ2n) is 5.62. The molecule has 1 N–H and O–H groups in total. The molecule has 0 bridgehead atoms. The normalized spacial score (nSPS) is 11.8. The Bertz CT molecular complexity index is 899. The number of amides is 1. The van der Waals surface area contributed by atoms with Crippen molar-refractivity contribution < 1.29 is 9.53 Å². The SMILES string of the molecule is CCC(c1ccccc1)c1nnc(NC(=O)c2ccc(Cl)cc2OC)s1. The average Bonchev–Trinajstić information content (AvgIpc) is 3.11. The number of nitrogens with one attached hydrogen (secondary N) is 1. The summed E-state index contributed by atoms with van der Waals surface area (Å²) < 4.78 is 5.23. The first-order valence-electron chi connectivity index (χ1n) is 8.15. The van der Waals surface area contributed by atoms with Gasteiger partial charge in [-0.1, -0.05) is 60.2 Å². The summed E-state index contributed by atoms with van der Waals surface area (Å²) in [7, 11) is 1.50. The molecule has 1 aromatic heterocycles. The fourth-order valence-corrected chi connectivity index (χ4v) is 3.79. The number of rotatable bonds is 6. The minimum absolute atomic E-state index is 0.157. The van der Waals surface area contributed by atoms with Crippen LogP contribution < -0.4 is 10.1 Å². The van der Waals surface area contributed by atoms with E-state index in [0.29, 0.717) is 21.5 Å². The Morgan fingerprint density at radius 2 is 2.00 bits per heavy atom. The van der Waals surface area contributed by atoms with E-state index in [0.717, 1.165) is 11.4 Å². The van der Waals surface area contributed by atoms with Crippen molar-refractivity contribution in [1.82, 2.24) is 10.2 Å². The maximum atomic E-state index is 12.5. The van der Waals surface area contributed by atoms with E-state index in [1.807, 2.05) is 18.2 Å². The Balaban J connectivity index is 1.79. The summed E-state index contributed by atoms with van der Waals surface area (Å²) in [6, 6.07) is 15.0. The van der Waals surface area contributed by atoms with Crippen molar-refractivity contribution >= 4 is 34.0 Å². The van der Waals surface area contributed by atoms with E-state index >= 15 is 0 Å². The maximum absolute atomic E-state index is 12.5. The molecule has 0 aliphatic rings. The summed E-state index contributed by atoms with van der Waals surface area (Å²) >= 11 is 7.32. The zero-order valence-corrected chi connectivity index (χ0v) is 16.0. The number of halogens is 1. The van der Waals surface area contributed by atoms with Gasteiger partial charge in [0.05, 0.1) is 12.7 Å². The maximum Gasteiger partial charge on any atom is 0.261 e. The second kappa shape index (κ2) is 8.29. The second-order valence-corrected chi connectivity index (χ2v) is 7.06. The molecule has 0 spiro atoms. The van der Waals surface area contributed by atoms with Crippen molar-refractivity contribution in [2.75, 3.05) is 12.4 Å². The third kappa shape index (κ3) is 4.03. The number of hydrogen-bond donors (Lipinski definition) is 1. The highest BCUT2D eigenvalue weighted by Crippen LogP contribution is 2.32. The van der Waals surface area contributed by atoms with E-state index in [2.05, 4.69) is 34.6 Å². The molecule has 26 heavy (non-hydrogen) atoms. The molecule has 3 rings (SSSR count). The standard InChI is InChI=1S/C19H18ClN3O2S/c1-3-14(12-7-5-4-6-8-12)18-22-23-19(26-18)21-17(24)15-10-9-13(20)11-16(15)25-2/h4-11,14H,3H2,1-2H3,(H,21,23,24). The Morgan fingerprint density at radius 3 is 2.69 bits per heavy atom. The molecule has 5 nitrogen and oxygen atoms in total. The van der Waals surface area contributed by atoms with Gasteiger partial charge in [-0.25, -0.2) is 0 Å². The monoisotopic (exact) mass is 387 g/mol. The highest BCUT2D eigenvalue weighted by molar-refractivity contribution is 7.15. The van der Waals surface area contributed by atoms with E-state index < -0.39 is 0 Å². The van der Waals surface area contributed by atoms with Gasteiger partial charge >= 0.3 is 0 Å². The van der Waals surface area contributed by atoms with Crippen molar-refractivity contribution in [1.29, 1.82) is 0 Å². The number of anilines is 1. The van der Waals surface area contributed by atoms with Crippen LogP contribution in [0.15, 0.2) is 48.5 Å². The minimum atomic E-state index is -0.311. The molecule has 134 valence electrons.